The van der Waals surface area contributed by atoms with Gasteiger partial charge in [-0.15, -0.1) is 0 Å². The van der Waals surface area contributed by atoms with E-state index in [-0.39, 0.29) is 17.9 Å². The number of aliphatic hydroxyl groups is 1. The van der Waals surface area contributed by atoms with Gasteiger partial charge < -0.3 is 15.2 Å². The summed E-state index contributed by atoms with van der Waals surface area (Å²) in [5.41, 5.74) is 1.11. The molecule has 1 aromatic carbocycles. The lowest BCUT2D eigenvalue weighted by atomic mass is 9.91. The summed E-state index contributed by atoms with van der Waals surface area (Å²) in [6, 6.07) is 7.70. The van der Waals surface area contributed by atoms with Crippen molar-refractivity contribution in [3.05, 3.63) is 29.8 Å². The van der Waals surface area contributed by atoms with Gasteiger partial charge in [0.15, 0.2) is 0 Å². The van der Waals surface area contributed by atoms with Crippen LogP contribution in [0.25, 0.3) is 0 Å². The first-order valence-electron chi connectivity index (χ1n) is 7.71. The van der Waals surface area contributed by atoms with E-state index in [0.717, 1.165) is 37.0 Å². The Bertz CT molecular complexity index is 458. The number of aliphatic hydroxyl groups excluding tert-OH is 1. The largest absolute Gasteiger partial charge is 0.497 e. The molecular weight excluding hydrogens is 266 g/mol. The summed E-state index contributed by atoms with van der Waals surface area (Å²) >= 11 is 0. The first-order chi connectivity index (χ1) is 10.1. The smallest absolute Gasteiger partial charge is 0.223 e. The molecule has 1 amide bonds. The van der Waals surface area contributed by atoms with Crippen LogP contribution in [0.5, 0.6) is 5.75 Å². The van der Waals surface area contributed by atoms with Gasteiger partial charge in [-0.25, -0.2) is 0 Å². The molecule has 0 radical (unpaired) electrons. The molecule has 21 heavy (non-hydrogen) atoms. The topological polar surface area (TPSA) is 58.6 Å². The fourth-order valence-electron chi connectivity index (χ4n) is 2.81. The first-order valence-corrected chi connectivity index (χ1v) is 7.71. The van der Waals surface area contributed by atoms with E-state index >= 15 is 0 Å². The summed E-state index contributed by atoms with van der Waals surface area (Å²) in [5.74, 6) is 0.741. The highest BCUT2D eigenvalue weighted by atomic mass is 16.5. The highest BCUT2D eigenvalue weighted by molar-refractivity contribution is 5.79. The zero-order valence-electron chi connectivity index (χ0n) is 12.8. The van der Waals surface area contributed by atoms with Crippen LogP contribution in [-0.4, -0.2) is 30.3 Å². The van der Waals surface area contributed by atoms with E-state index in [0.29, 0.717) is 6.42 Å². The van der Waals surface area contributed by atoms with Crippen molar-refractivity contribution in [1.82, 2.24) is 5.32 Å². The van der Waals surface area contributed by atoms with Crippen molar-refractivity contribution in [2.24, 2.45) is 5.92 Å². The van der Waals surface area contributed by atoms with Gasteiger partial charge in [0.2, 0.25) is 5.91 Å². The van der Waals surface area contributed by atoms with Crippen LogP contribution in [-0.2, 0) is 11.2 Å². The van der Waals surface area contributed by atoms with E-state index in [2.05, 4.69) is 5.32 Å². The lowest BCUT2D eigenvalue weighted by Gasteiger charge is -2.29. The molecule has 1 saturated carbocycles. The third-order valence-corrected chi connectivity index (χ3v) is 4.21. The summed E-state index contributed by atoms with van der Waals surface area (Å²) in [7, 11) is 1.64. The summed E-state index contributed by atoms with van der Waals surface area (Å²) in [4.78, 5) is 12.2. The van der Waals surface area contributed by atoms with Crippen LogP contribution in [0.15, 0.2) is 24.3 Å². The number of benzene rings is 1. The van der Waals surface area contributed by atoms with Crippen molar-refractivity contribution in [1.29, 1.82) is 0 Å². The Balaban J connectivity index is 1.86. The number of ether oxygens (including phenoxy) is 1. The number of hydrogen-bond donors (Lipinski definition) is 2. The molecule has 0 aliphatic heterocycles. The van der Waals surface area contributed by atoms with Gasteiger partial charge in [0.1, 0.15) is 5.75 Å². The summed E-state index contributed by atoms with van der Waals surface area (Å²) in [6.45, 7) is 1.93. The molecule has 0 spiro atoms. The minimum absolute atomic E-state index is 0.0248. The van der Waals surface area contributed by atoms with Crippen molar-refractivity contribution in [2.75, 3.05) is 7.11 Å². The second-order valence-corrected chi connectivity index (χ2v) is 5.92. The maximum absolute atomic E-state index is 12.2. The molecule has 0 bridgehead atoms. The van der Waals surface area contributed by atoms with Gasteiger partial charge in [-0.1, -0.05) is 31.9 Å². The van der Waals surface area contributed by atoms with E-state index in [4.69, 9.17) is 4.74 Å². The van der Waals surface area contributed by atoms with Gasteiger partial charge in [-0.05, 0) is 37.0 Å². The Labute approximate surface area is 126 Å². The van der Waals surface area contributed by atoms with Gasteiger partial charge in [-0.3, -0.25) is 4.79 Å². The highest BCUT2D eigenvalue weighted by Gasteiger charge is 2.26. The molecular formula is C17H25NO3. The predicted molar refractivity (Wildman–Crippen MR) is 82.3 cm³/mol. The summed E-state index contributed by atoms with van der Waals surface area (Å²) in [5, 5.41) is 12.9. The van der Waals surface area contributed by atoms with Gasteiger partial charge >= 0.3 is 0 Å². The van der Waals surface area contributed by atoms with Crippen molar-refractivity contribution in [3.63, 3.8) is 0 Å². The molecule has 1 fully saturated rings. The van der Waals surface area contributed by atoms with Crippen LogP contribution >= 0.6 is 0 Å². The lowest BCUT2D eigenvalue weighted by molar-refractivity contribution is -0.126. The number of rotatable bonds is 5. The predicted octanol–water partition coefficient (Wildman–Crippen LogP) is 2.29. The van der Waals surface area contributed by atoms with E-state index < -0.39 is 6.10 Å². The molecule has 4 nitrogen and oxygen atoms in total. The third-order valence-electron chi connectivity index (χ3n) is 4.21. The van der Waals surface area contributed by atoms with Crippen molar-refractivity contribution in [3.8, 4) is 5.75 Å². The minimum Gasteiger partial charge on any atom is -0.497 e. The molecule has 1 aromatic rings. The van der Waals surface area contributed by atoms with Crippen LogP contribution in [0, 0.1) is 5.92 Å². The van der Waals surface area contributed by atoms with Gasteiger partial charge in [0, 0.05) is 5.92 Å². The number of nitrogens with one attached hydrogen (secondary N) is 1. The monoisotopic (exact) mass is 291 g/mol. The number of methoxy groups -OCH3 is 1. The molecule has 3 atom stereocenters. The number of carbonyl (C=O) groups excluding carboxylic acids is 1. The normalized spacial score (nSPS) is 23.4. The van der Waals surface area contributed by atoms with E-state index in [1.54, 1.807) is 7.11 Å². The highest BCUT2D eigenvalue weighted by Crippen LogP contribution is 2.19. The van der Waals surface area contributed by atoms with Gasteiger partial charge in [-0.2, -0.15) is 0 Å². The Morgan fingerprint density at radius 3 is 2.62 bits per heavy atom. The fourth-order valence-corrected chi connectivity index (χ4v) is 2.81. The second kappa shape index (κ2) is 7.46. The van der Waals surface area contributed by atoms with E-state index in [9.17, 15) is 9.90 Å². The molecule has 116 valence electrons. The quantitative estimate of drug-likeness (QED) is 0.875. The SMILES string of the molecule is COc1ccc(CC(C)C(=O)NC2CCCCC2O)cc1. The molecule has 2 N–H and O–H groups in total. The maximum atomic E-state index is 12.2. The van der Waals surface area contributed by atoms with E-state index in [1.807, 2.05) is 31.2 Å². The molecule has 2 rings (SSSR count). The number of carbonyl (C=O) groups is 1. The van der Waals surface area contributed by atoms with Crippen LogP contribution in [0.1, 0.15) is 38.2 Å². The molecule has 3 unspecified atom stereocenters. The number of amides is 1. The molecule has 0 saturated heterocycles. The van der Waals surface area contributed by atoms with Crippen LogP contribution < -0.4 is 10.1 Å². The van der Waals surface area contributed by atoms with Crippen molar-refractivity contribution >= 4 is 5.91 Å². The molecule has 0 heterocycles. The van der Waals surface area contributed by atoms with Crippen LogP contribution in [0.2, 0.25) is 0 Å². The standard InChI is InChI=1S/C17H25NO3/c1-12(11-13-7-9-14(21-2)10-8-13)17(20)18-15-5-3-4-6-16(15)19/h7-10,12,15-16,19H,3-6,11H2,1-2H3,(H,18,20). The zero-order valence-corrected chi connectivity index (χ0v) is 12.8. The molecule has 4 heteroatoms. The van der Waals surface area contributed by atoms with Crippen LogP contribution in [0.4, 0.5) is 0 Å². The van der Waals surface area contributed by atoms with Gasteiger partial charge in [0.25, 0.3) is 0 Å². The maximum Gasteiger partial charge on any atom is 0.223 e. The average molecular weight is 291 g/mol. The Hall–Kier alpha value is -1.55. The zero-order chi connectivity index (χ0) is 15.2. The number of hydrogen-bond acceptors (Lipinski definition) is 3. The summed E-state index contributed by atoms with van der Waals surface area (Å²) < 4.78 is 5.13. The van der Waals surface area contributed by atoms with Crippen LogP contribution in [0.3, 0.4) is 0 Å². The molecule has 1 aliphatic carbocycles. The Morgan fingerprint density at radius 1 is 1.33 bits per heavy atom. The Morgan fingerprint density at radius 2 is 2.00 bits per heavy atom. The van der Waals surface area contributed by atoms with Gasteiger partial charge in [0.05, 0.1) is 19.3 Å². The minimum atomic E-state index is -0.393. The average Bonchev–Trinajstić information content (AvgIpc) is 2.50. The van der Waals surface area contributed by atoms with E-state index in [1.165, 1.54) is 0 Å². The first kappa shape index (κ1) is 15.8. The summed E-state index contributed by atoms with van der Waals surface area (Å²) in [6.07, 6.45) is 4.10. The van der Waals surface area contributed by atoms with Crippen molar-refractivity contribution in [2.45, 2.75) is 51.2 Å². The van der Waals surface area contributed by atoms with Crippen molar-refractivity contribution < 1.29 is 14.6 Å². The third kappa shape index (κ3) is 4.46. The Kier molecular flexibility index (Phi) is 5.62. The lowest BCUT2D eigenvalue weighted by Crippen LogP contribution is -2.47. The fraction of sp³-hybridized carbons (Fsp3) is 0.588. The molecule has 1 aliphatic rings. The molecule has 0 aromatic heterocycles. The second-order valence-electron chi connectivity index (χ2n) is 5.92.